The van der Waals surface area contributed by atoms with Gasteiger partial charge in [0.2, 0.25) is 0 Å². The number of aromatic nitrogens is 3. The van der Waals surface area contributed by atoms with Gasteiger partial charge in [-0.2, -0.15) is 0 Å². The van der Waals surface area contributed by atoms with Crippen LogP contribution in [-0.4, -0.2) is 21.2 Å². The molecule has 2 aromatic rings. The van der Waals surface area contributed by atoms with Gasteiger partial charge >= 0.3 is 0 Å². The quantitative estimate of drug-likeness (QED) is 0.726. The second-order valence-corrected chi connectivity index (χ2v) is 2.96. The van der Waals surface area contributed by atoms with Gasteiger partial charge in [0.1, 0.15) is 11.4 Å². The molecule has 0 aliphatic carbocycles. The SMILES string of the molecule is Cc1cccc(-c2nc(C=O)c[nH]2)n1. The van der Waals surface area contributed by atoms with Crippen molar-refractivity contribution in [2.24, 2.45) is 0 Å². The van der Waals surface area contributed by atoms with E-state index in [2.05, 4.69) is 15.0 Å². The van der Waals surface area contributed by atoms with Gasteiger partial charge in [-0.3, -0.25) is 4.79 Å². The number of H-pyrrole nitrogens is 1. The standard InChI is InChI=1S/C10H9N3O/c1-7-3-2-4-9(12-7)10-11-5-8(6-14)13-10/h2-6H,1H3,(H,11,13). The highest BCUT2D eigenvalue weighted by Crippen LogP contribution is 2.12. The van der Waals surface area contributed by atoms with Crippen molar-refractivity contribution in [1.82, 2.24) is 15.0 Å². The molecular weight excluding hydrogens is 178 g/mol. The second kappa shape index (κ2) is 3.41. The van der Waals surface area contributed by atoms with Crippen LogP contribution in [0.1, 0.15) is 16.2 Å². The van der Waals surface area contributed by atoms with Gasteiger partial charge < -0.3 is 4.98 Å². The molecule has 0 spiro atoms. The first-order chi connectivity index (χ1) is 6.79. The van der Waals surface area contributed by atoms with E-state index in [0.717, 1.165) is 11.4 Å². The fraction of sp³-hybridized carbons (Fsp3) is 0.100. The highest BCUT2D eigenvalue weighted by molar-refractivity contribution is 5.72. The van der Waals surface area contributed by atoms with E-state index in [4.69, 9.17) is 0 Å². The predicted octanol–water partition coefficient (Wildman–Crippen LogP) is 1.59. The van der Waals surface area contributed by atoms with Crippen molar-refractivity contribution < 1.29 is 4.79 Å². The van der Waals surface area contributed by atoms with Gasteiger partial charge in [-0.05, 0) is 19.1 Å². The van der Waals surface area contributed by atoms with Gasteiger partial charge in [0, 0.05) is 11.9 Å². The van der Waals surface area contributed by atoms with Crippen LogP contribution in [0, 0.1) is 6.92 Å². The number of aldehydes is 1. The van der Waals surface area contributed by atoms with E-state index in [-0.39, 0.29) is 0 Å². The molecule has 0 radical (unpaired) electrons. The Labute approximate surface area is 81.0 Å². The zero-order valence-corrected chi connectivity index (χ0v) is 7.69. The van der Waals surface area contributed by atoms with Crippen molar-refractivity contribution in [2.45, 2.75) is 6.92 Å². The molecule has 0 unspecified atom stereocenters. The summed E-state index contributed by atoms with van der Waals surface area (Å²) >= 11 is 0. The lowest BCUT2D eigenvalue weighted by molar-refractivity contribution is 0.111. The molecule has 0 fully saturated rings. The molecule has 0 bridgehead atoms. The van der Waals surface area contributed by atoms with Gasteiger partial charge in [0.25, 0.3) is 0 Å². The van der Waals surface area contributed by atoms with Gasteiger partial charge in [0.05, 0.1) is 0 Å². The summed E-state index contributed by atoms with van der Waals surface area (Å²) in [5.74, 6) is 0.621. The van der Waals surface area contributed by atoms with Crippen molar-refractivity contribution in [3.05, 3.63) is 35.8 Å². The number of carbonyl (C=O) groups is 1. The van der Waals surface area contributed by atoms with E-state index in [1.54, 1.807) is 6.20 Å². The Kier molecular flexibility index (Phi) is 2.10. The van der Waals surface area contributed by atoms with Crippen LogP contribution in [0.3, 0.4) is 0 Å². The third-order valence-corrected chi connectivity index (χ3v) is 1.85. The first kappa shape index (κ1) is 8.62. The Morgan fingerprint density at radius 2 is 2.21 bits per heavy atom. The Morgan fingerprint density at radius 3 is 2.86 bits per heavy atom. The maximum absolute atomic E-state index is 10.4. The molecule has 0 aliphatic heterocycles. The highest BCUT2D eigenvalue weighted by Gasteiger charge is 2.03. The second-order valence-electron chi connectivity index (χ2n) is 2.96. The molecule has 70 valence electrons. The third kappa shape index (κ3) is 1.54. The normalized spacial score (nSPS) is 10.1. The minimum Gasteiger partial charge on any atom is -0.343 e. The third-order valence-electron chi connectivity index (χ3n) is 1.85. The van der Waals surface area contributed by atoms with E-state index in [9.17, 15) is 4.79 Å². The zero-order chi connectivity index (χ0) is 9.97. The Morgan fingerprint density at radius 1 is 1.36 bits per heavy atom. The molecule has 2 rings (SSSR count). The van der Waals surface area contributed by atoms with E-state index in [1.165, 1.54) is 0 Å². The smallest absolute Gasteiger partial charge is 0.170 e. The Balaban J connectivity index is 2.43. The average molecular weight is 187 g/mol. The lowest BCUT2D eigenvalue weighted by Crippen LogP contribution is -1.88. The lowest BCUT2D eigenvalue weighted by Gasteiger charge is -1.96. The molecule has 0 aliphatic rings. The number of nitrogens with zero attached hydrogens (tertiary/aromatic N) is 2. The minimum absolute atomic E-state index is 0.392. The first-order valence-corrected chi connectivity index (χ1v) is 4.24. The molecular formula is C10H9N3O. The molecule has 1 N–H and O–H groups in total. The number of nitrogens with one attached hydrogen (secondary N) is 1. The summed E-state index contributed by atoms with van der Waals surface area (Å²) in [7, 11) is 0. The van der Waals surface area contributed by atoms with Crippen LogP contribution in [0.4, 0.5) is 0 Å². The maximum atomic E-state index is 10.4. The molecule has 0 amide bonds. The molecule has 0 atom stereocenters. The van der Waals surface area contributed by atoms with Crippen LogP contribution in [-0.2, 0) is 0 Å². The Hall–Kier alpha value is -1.97. The molecule has 2 aromatic heterocycles. The fourth-order valence-electron chi connectivity index (χ4n) is 1.20. The van der Waals surface area contributed by atoms with Crippen LogP contribution in [0.25, 0.3) is 11.5 Å². The molecule has 4 nitrogen and oxygen atoms in total. The number of pyridine rings is 1. The van der Waals surface area contributed by atoms with Crippen molar-refractivity contribution in [1.29, 1.82) is 0 Å². The van der Waals surface area contributed by atoms with E-state index in [0.29, 0.717) is 17.8 Å². The summed E-state index contributed by atoms with van der Waals surface area (Å²) in [6.45, 7) is 1.91. The highest BCUT2D eigenvalue weighted by atomic mass is 16.1. The van der Waals surface area contributed by atoms with Gasteiger partial charge in [0.15, 0.2) is 12.1 Å². The summed E-state index contributed by atoms with van der Waals surface area (Å²) in [5.41, 5.74) is 2.06. The summed E-state index contributed by atoms with van der Waals surface area (Å²) in [5, 5.41) is 0. The number of rotatable bonds is 2. The Bertz CT molecular complexity index is 462. The van der Waals surface area contributed by atoms with Crippen molar-refractivity contribution >= 4 is 6.29 Å². The molecule has 0 saturated carbocycles. The number of hydrogen-bond donors (Lipinski definition) is 1. The fourth-order valence-corrected chi connectivity index (χ4v) is 1.20. The monoisotopic (exact) mass is 187 g/mol. The number of aryl methyl sites for hydroxylation is 1. The zero-order valence-electron chi connectivity index (χ0n) is 7.69. The van der Waals surface area contributed by atoms with E-state index in [1.807, 2.05) is 25.1 Å². The first-order valence-electron chi connectivity index (χ1n) is 4.24. The van der Waals surface area contributed by atoms with Crippen molar-refractivity contribution in [3.8, 4) is 11.5 Å². The number of carbonyl (C=O) groups excluding carboxylic acids is 1. The molecule has 14 heavy (non-hydrogen) atoms. The van der Waals surface area contributed by atoms with Crippen molar-refractivity contribution in [2.75, 3.05) is 0 Å². The number of hydrogen-bond acceptors (Lipinski definition) is 3. The molecule has 0 aromatic carbocycles. The molecule has 4 heteroatoms. The van der Waals surface area contributed by atoms with E-state index < -0.39 is 0 Å². The van der Waals surface area contributed by atoms with Gasteiger partial charge in [-0.1, -0.05) is 6.07 Å². The topological polar surface area (TPSA) is 58.6 Å². The molecule has 2 heterocycles. The summed E-state index contributed by atoms with van der Waals surface area (Å²) < 4.78 is 0. The van der Waals surface area contributed by atoms with E-state index >= 15 is 0 Å². The maximum Gasteiger partial charge on any atom is 0.170 e. The number of imidazole rings is 1. The summed E-state index contributed by atoms with van der Waals surface area (Å²) in [6.07, 6.45) is 2.27. The average Bonchev–Trinajstić information content (AvgIpc) is 2.66. The van der Waals surface area contributed by atoms with Gasteiger partial charge in [-0.15, -0.1) is 0 Å². The number of aromatic amines is 1. The largest absolute Gasteiger partial charge is 0.343 e. The van der Waals surface area contributed by atoms with Crippen LogP contribution in [0.5, 0.6) is 0 Å². The molecule has 0 saturated heterocycles. The van der Waals surface area contributed by atoms with Crippen LogP contribution >= 0.6 is 0 Å². The van der Waals surface area contributed by atoms with Crippen molar-refractivity contribution in [3.63, 3.8) is 0 Å². The minimum atomic E-state index is 0.392. The van der Waals surface area contributed by atoms with Crippen LogP contribution in [0.15, 0.2) is 24.4 Å². The summed E-state index contributed by atoms with van der Waals surface area (Å²) in [4.78, 5) is 21.6. The lowest BCUT2D eigenvalue weighted by atomic mass is 10.3. The van der Waals surface area contributed by atoms with Gasteiger partial charge in [-0.25, -0.2) is 9.97 Å². The van der Waals surface area contributed by atoms with Crippen LogP contribution in [0.2, 0.25) is 0 Å². The predicted molar refractivity (Wildman–Crippen MR) is 51.9 cm³/mol. The summed E-state index contributed by atoms with van der Waals surface area (Å²) in [6, 6.07) is 5.66. The van der Waals surface area contributed by atoms with Crippen LogP contribution < -0.4 is 0 Å².